The second-order valence-electron chi connectivity index (χ2n) is 2.28. The first kappa shape index (κ1) is 11.1. The molecule has 1 heterocycles. The zero-order valence-corrected chi connectivity index (χ0v) is 10.0. The van der Waals surface area contributed by atoms with Gasteiger partial charge >= 0.3 is 0 Å². The third-order valence-corrected chi connectivity index (χ3v) is 2.95. The number of pyridine rings is 1. The number of hydrogen-bond donors (Lipinski definition) is 1. The van der Waals surface area contributed by atoms with E-state index in [2.05, 4.69) is 20.9 Å². The Morgan fingerprint density at radius 2 is 2.23 bits per heavy atom. The smallest absolute Gasteiger partial charge is 0.284 e. The Hall–Kier alpha value is 0.0200. The minimum atomic E-state index is -2.74. The number of rotatable bonds is 2. The summed E-state index contributed by atoms with van der Waals surface area (Å²) in [5.41, 5.74) is 0.136. The van der Waals surface area contributed by atoms with Crippen LogP contribution in [0.4, 0.5) is 8.78 Å². The van der Waals surface area contributed by atoms with E-state index in [-0.39, 0.29) is 0 Å². The van der Waals surface area contributed by atoms with E-state index in [1.807, 2.05) is 22.6 Å². The van der Waals surface area contributed by atoms with Gasteiger partial charge in [0.05, 0.1) is 0 Å². The highest BCUT2D eigenvalue weighted by Gasteiger charge is 2.16. The third kappa shape index (κ3) is 2.49. The summed E-state index contributed by atoms with van der Waals surface area (Å²) in [6, 6.07) is 1.30. The lowest BCUT2D eigenvalue weighted by Crippen LogP contribution is -1.97. The molecule has 0 spiro atoms. The fourth-order valence-electron chi connectivity index (χ4n) is 0.788. The summed E-state index contributed by atoms with van der Waals surface area (Å²) >= 11 is 5.01. The fourth-order valence-corrected chi connectivity index (χ4v) is 2.35. The van der Waals surface area contributed by atoms with E-state index in [1.165, 1.54) is 6.07 Å². The van der Waals surface area contributed by atoms with Crippen LogP contribution in [-0.2, 0) is 5.33 Å². The van der Waals surface area contributed by atoms with Gasteiger partial charge in [-0.25, -0.2) is 13.8 Å². The highest BCUT2D eigenvalue weighted by molar-refractivity contribution is 14.1. The Morgan fingerprint density at radius 3 is 2.69 bits per heavy atom. The van der Waals surface area contributed by atoms with Crippen LogP contribution >= 0.6 is 38.5 Å². The van der Waals surface area contributed by atoms with Gasteiger partial charge in [0.15, 0.2) is 0 Å². The monoisotopic (exact) mass is 363 g/mol. The SMILES string of the molecule is Oc1cc(CBr)c(I)nc1C(F)F. The summed E-state index contributed by atoms with van der Waals surface area (Å²) in [6.07, 6.45) is -2.74. The molecule has 13 heavy (non-hydrogen) atoms. The van der Waals surface area contributed by atoms with Crippen molar-refractivity contribution in [1.82, 2.24) is 4.98 Å². The Balaban J connectivity index is 3.20. The molecule has 0 aliphatic rings. The zero-order valence-electron chi connectivity index (χ0n) is 6.27. The highest BCUT2D eigenvalue weighted by atomic mass is 127. The predicted molar refractivity (Wildman–Crippen MR) is 56.2 cm³/mol. The molecule has 0 aromatic carbocycles. The zero-order chi connectivity index (χ0) is 10.0. The van der Waals surface area contributed by atoms with E-state index >= 15 is 0 Å². The Morgan fingerprint density at radius 1 is 1.62 bits per heavy atom. The van der Waals surface area contributed by atoms with Gasteiger partial charge in [0.25, 0.3) is 6.43 Å². The summed E-state index contributed by atoms with van der Waals surface area (Å²) in [5, 5.41) is 9.63. The fraction of sp³-hybridized carbons (Fsp3) is 0.286. The molecule has 72 valence electrons. The van der Waals surface area contributed by atoms with Crippen molar-refractivity contribution < 1.29 is 13.9 Å². The summed E-state index contributed by atoms with van der Waals surface area (Å²) in [6.45, 7) is 0. The Bertz CT molecular complexity index is 322. The van der Waals surface area contributed by atoms with Gasteiger partial charge < -0.3 is 5.11 Å². The molecule has 0 atom stereocenters. The predicted octanol–water partition coefficient (Wildman–Crippen LogP) is 3.22. The van der Waals surface area contributed by atoms with Crippen molar-refractivity contribution in [2.75, 3.05) is 0 Å². The average Bonchev–Trinajstić information content (AvgIpc) is 2.07. The van der Waals surface area contributed by atoms with Gasteiger partial charge in [-0.1, -0.05) is 15.9 Å². The quantitative estimate of drug-likeness (QED) is 0.497. The number of halogens is 4. The van der Waals surface area contributed by atoms with E-state index in [1.54, 1.807) is 0 Å². The molecule has 1 rings (SSSR count). The first-order valence-corrected chi connectivity index (χ1v) is 5.48. The van der Waals surface area contributed by atoms with Gasteiger partial charge in [0.1, 0.15) is 15.1 Å². The molecule has 0 saturated heterocycles. The molecule has 0 bridgehead atoms. The van der Waals surface area contributed by atoms with Crippen LogP contribution in [0.5, 0.6) is 5.75 Å². The second-order valence-corrected chi connectivity index (χ2v) is 3.86. The number of aromatic nitrogens is 1. The van der Waals surface area contributed by atoms with Crippen molar-refractivity contribution in [2.45, 2.75) is 11.8 Å². The highest BCUT2D eigenvalue weighted by Crippen LogP contribution is 2.29. The van der Waals surface area contributed by atoms with Crippen LogP contribution in [0.25, 0.3) is 0 Å². The van der Waals surface area contributed by atoms with Crippen LogP contribution in [0.2, 0.25) is 0 Å². The number of aromatic hydroxyl groups is 1. The molecule has 0 unspecified atom stereocenters. The molecular weight excluding hydrogens is 359 g/mol. The average molecular weight is 364 g/mol. The number of nitrogens with zero attached hydrogens (tertiary/aromatic N) is 1. The number of hydrogen-bond acceptors (Lipinski definition) is 2. The largest absolute Gasteiger partial charge is 0.506 e. The third-order valence-electron chi connectivity index (χ3n) is 1.41. The molecular formula is C7H5BrF2INO. The minimum Gasteiger partial charge on any atom is -0.506 e. The maximum Gasteiger partial charge on any atom is 0.284 e. The molecule has 1 aromatic heterocycles. The lowest BCUT2D eigenvalue weighted by atomic mass is 10.2. The van der Waals surface area contributed by atoms with Gasteiger partial charge in [-0.15, -0.1) is 0 Å². The maximum absolute atomic E-state index is 12.2. The van der Waals surface area contributed by atoms with Gasteiger partial charge in [-0.05, 0) is 34.2 Å². The van der Waals surface area contributed by atoms with E-state index in [4.69, 9.17) is 5.11 Å². The summed E-state index contributed by atoms with van der Waals surface area (Å²) < 4.78 is 24.9. The summed E-state index contributed by atoms with van der Waals surface area (Å²) in [4.78, 5) is 3.60. The van der Waals surface area contributed by atoms with Crippen molar-refractivity contribution >= 4 is 38.5 Å². The van der Waals surface area contributed by atoms with Crippen molar-refractivity contribution in [1.29, 1.82) is 0 Å². The Kier molecular flexibility index (Phi) is 3.84. The van der Waals surface area contributed by atoms with E-state index in [9.17, 15) is 8.78 Å². The maximum atomic E-state index is 12.2. The van der Waals surface area contributed by atoms with E-state index in [0.29, 0.717) is 14.6 Å². The molecule has 1 N–H and O–H groups in total. The van der Waals surface area contributed by atoms with Crippen LogP contribution in [0.15, 0.2) is 6.07 Å². The molecule has 0 saturated carbocycles. The number of alkyl halides is 3. The van der Waals surface area contributed by atoms with Gasteiger partial charge in [0.2, 0.25) is 0 Å². The van der Waals surface area contributed by atoms with Gasteiger partial charge in [0, 0.05) is 5.33 Å². The van der Waals surface area contributed by atoms with Crippen molar-refractivity contribution in [3.05, 3.63) is 21.0 Å². The molecule has 0 aliphatic heterocycles. The van der Waals surface area contributed by atoms with Crippen molar-refractivity contribution in [3.63, 3.8) is 0 Å². The lowest BCUT2D eigenvalue weighted by Gasteiger charge is -2.05. The standard InChI is InChI=1S/C7H5BrF2INO/c8-2-3-1-4(13)5(6(9)10)12-7(3)11/h1,6,13H,2H2. The minimum absolute atomic E-state index is 0.454. The molecule has 2 nitrogen and oxygen atoms in total. The lowest BCUT2D eigenvalue weighted by molar-refractivity contribution is 0.141. The first-order chi connectivity index (χ1) is 6.06. The molecule has 1 aromatic rings. The van der Waals surface area contributed by atoms with Crippen LogP contribution in [0.3, 0.4) is 0 Å². The topological polar surface area (TPSA) is 33.1 Å². The van der Waals surface area contributed by atoms with Gasteiger partial charge in [-0.2, -0.15) is 0 Å². The van der Waals surface area contributed by atoms with Crippen LogP contribution in [0.1, 0.15) is 17.7 Å². The van der Waals surface area contributed by atoms with Crippen molar-refractivity contribution in [3.8, 4) is 5.75 Å². The van der Waals surface area contributed by atoms with Crippen LogP contribution < -0.4 is 0 Å². The molecule has 0 radical (unpaired) electrons. The second kappa shape index (κ2) is 4.50. The van der Waals surface area contributed by atoms with Gasteiger partial charge in [-0.3, -0.25) is 0 Å². The van der Waals surface area contributed by atoms with Crippen LogP contribution in [0, 0.1) is 3.70 Å². The summed E-state index contributed by atoms with van der Waals surface area (Å²) in [5.74, 6) is -0.454. The molecule has 0 amide bonds. The summed E-state index contributed by atoms with van der Waals surface area (Å²) in [7, 11) is 0. The van der Waals surface area contributed by atoms with E-state index < -0.39 is 17.9 Å². The Labute approximate surface area is 95.6 Å². The molecule has 6 heteroatoms. The molecule has 0 aliphatic carbocycles. The van der Waals surface area contributed by atoms with Crippen molar-refractivity contribution in [2.24, 2.45) is 0 Å². The first-order valence-electron chi connectivity index (χ1n) is 3.28. The van der Waals surface area contributed by atoms with Crippen LogP contribution in [-0.4, -0.2) is 10.1 Å². The normalized spacial score (nSPS) is 10.8. The van der Waals surface area contributed by atoms with E-state index in [0.717, 1.165) is 0 Å². The molecule has 0 fully saturated rings.